The Bertz CT molecular complexity index is 752. The van der Waals surface area contributed by atoms with Gasteiger partial charge in [0.15, 0.2) is 0 Å². The van der Waals surface area contributed by atoms with Crippen LogP contribution in [0.1, 0.15) is 25.0 Å². The number of hydrogen-bond donors (Lipinski definition) is 1. The number of nitrogens with zero attached hydrogens (tertiary/aromatic N) is 1. The van der Waals surface area contributed by atoms with E-state index in [2.05, 4.69) is 5.32 Å². The first-order valence-electron chi connectivity index (χ1n) is 7.77. The van der Waals surface area contributed by atoms with Gasteiger partial charge in [-0.15, -0.1) is 0 Å². The van der Waals surface area contributed by atoms with Crippen LogP contribution >= 0.6 is 0 Å². The van der Waals surface area contributed by atoms with Gasteiger partial charge in [0.2, 0.25) is 0 Å². The Kier molecular flexibility index (Phi) is 5.84. The van der Waals surface area contributed by atoms with E-state index < -0.39 is 4.92 Å². The molecule has 0 spiro atoms. The zero-order chi connectivity index (χ0) is 17.5. The molecule has 1 amide bonds. The summed E-state index contributed by atoms with van der Waals surface area (Å²) < 4.78 is 0. The number of carbonyl (C=O) groups excluding carboxylic acids is 1. The maximum absolute atomic E-state index is 12.6. The van der Waals surface area contributed by atoms with E-state index in [-0.39, 0.29) is 11.6 Å². The number of benzene rings is 2. The van der Waals surface area contributed by atoms with Crippen LogP contribution in [0.2, 0.25) is 0 Å². The minimum atomic E-state index is -0.446. The van der Waals surface area contributed by atoms with Crippen molar-refractivity contribution < 1.29 is 9.72 Å². The molecular weight excluding hydrogens is 304 g/mol. The van der Waals surface area contributed by atoms with Crippen LogP contribution in [-0.2, 0) is 4.79 Å². The quantitative estimate of drug-likeness (QED) is 0.379. The van der Waals surface area contributed by atoms with Crippen molar-refractivity contribution >= 4 is 23.2 Å². The monoisotopic (exact) mass is 324 g/mol. The number of nitro benzene ring substituents is 1. The summed E-state index contributed by atoms with van der Waals surface area (Å²) in [5, 5.41) is 13.8. The minimum Gasteiger partial charge on any atom is -0.352 e. The summed E-state index contributed by atoms with van der Waals surface area (Å²) in [6.45, 7) is 4.61. The topological polar surface area (TPSA) is 72.2 Å². The standard InChI is InChI=1S/C19H20N2O3/c1-14(2)13-20-19(22)18(16-8-4-3-5-9-16)12-15-7-6-10-17(11-15)21(23)24/h3-12,14H,13H2,1-2H3,(H,20,22)/b18-12+. The van der Waals surface area contributed by atoms with Crippen LogP contribution in [0.4, 0.5) is 5.69 Å². The first kappa shape index (κ1) is 17.4. The first-order chi connectivity index (χ1) is 11.5. The van der Waals surface area contributed by atoms with Crippen LogP contribution < -0.4 is 5.32 Å². The summed E-state index contributed by atoms with van der Waals surface area (Å²) in [6.07, 6.45) is 1.68. The Labute approximate surface area is 141 Å². The summed E-state index contributed by atoms with van der Waals surface area (Å²) >= 11 is 0. The summed E-state index contributed by atoms with van der Waals surface area (Å²) in [4.78, 5) is 23.0. The van der Waals surface area contributed by atoms with Crippen molar-refractivity contribution in [1.29, 1.82) is 0 Å². The molecule has 0 bridgehead atoms. The van der Waals surface area contributed by atoms with Gasteiger partial charge in [0.25, 0.3) is 11.6 Å². The highest BCUT2D eigenvalue weighted by atomic mass is 16.6. The number of hydrogen-bond acceptors (Lipinski definition) is 3. The number of rotatable bonds is 6. The smallest absolute Gasteiger partial charge is 0.270 e. The number of carbonyl (C=O) groups is 1. The number of non-ortho nitro benzene ring substituents is 1. The normalized spacial score (nSPS) is 11.4. The van der Waals surface area contributed by atoms with E-state index in [0.29, 0.717) is 23.6 Å². The molecule has 5 heteroatoms. The van der Waals surface area contributed by atoms with Crippen molar-refractivity contribution in [3.8, 4) is 0 Å². The predicted octanol–water partition coefficient (Wildman–Crippen LogP) is 3.91. The van der Waals surface area contributed by atoms with E-state index in [0.717, 1.165) is 5.56 Å². The third-order valence-corrected chi connectivity index (χ3v) is 3.39. The molecule has 0 aromatic heterocycles. The lowest BCUT2D eigenvalue weighted by atomic mass is 10.0. The molecule has 0 aliphatic carbocycles. The number of nitro groups is 1. The highest BCUT2D eigenvalue weighted by Gasteiger charge is 2.13. The number of nitrogens with one attached hydrogen (secondary N) is 1. The average Bonchev–Trinajstić information content (AvgIpc) is 2.58. The largest absolute Gasteiger partial charge is 0.352 e. The van der Waals surface area contributed by atoms with Gasteiger partial charge in [-0.25, -0.2) is 0 Å². The second kappa shape index (κ2) is 8.06. The Hall–Kier alpha value is -2.95. The second-order valence-electron chi connectivity index (χ2n) is 5.88. The fourth-order valence-corrected chi connectivity index (χ4v) is 2.18. The lowest BCUT2D eigenvalue weighted by Crippen LogP contribution is -2.28. The molecular formula is C19H20N2O3. The van der Waals surface area contributed by atoms with Crippen LogP contribution in [0.25, 0.3) is 11.6 Å². The van der Waals surface area contributed by atoms with E-state index in [1.807, 2.05) is 44.2 Å². The molecule has 24 heavy (non-hydrogen) atoms. The first-order valence-corrected chi connectivity index (χ1v) is 7.77. The molecule has 0 unspecified atom stereocenters. The molecule has 0 atom stereocenters. The SMILES string of the molecule is CC(C)CNC(=O)/C(=C/c1cccc([N+](=O)[O-])c1)c1ccccc1. The van der Waals surface area contributed by atoms with Crippen LogP contribution in [0.5, 0.6) is 0 Å². The molecule has 124 valence electrons. The zero-order valence-corrected chi connectivity index (χ0v) is 13.7. The van der Waals surface area contributed by atoms with Crippen molar-refractivity contribution in [3.63, 3.8) is 0 Å². The molecule has 2 aromatic rings. The van der Waals surface area contributed by atoms with Crippen molar-refractivity contribution in [2.24, 2.45) is 5.92 Å². The van der Waals surface area contributed by atoms with Gasteiger partial charge in [-0.3, -0.25) is 14.9 Å². The van der Waals surface area contributed by atoms with Crippen LogP contribution in [0.3, 0.4) is 0 Å². The molecule has 1 N–H and O–H groups in total. The average molecular weight is 324 g/mol. The molecule has 0 fully saturated rings. The van der Waals surface area contributed by atoms with Gasteiger partial charge >= 0.3 is 0 Å². The lowest BCUT2D eigenvalue weighted by molar-refractivity contribution is -0.384. The van der Waals surface area contributed by atoms with E-state index in [1.54, 1.807) is 18.2 Å². The van der Waals surface area contributed by atoms with E-state index in [9.17, 15) is 14.9 Å². The predicted molar refractivity (Wildman–Crippen MR) is 95.3 cm³/mol. The van der Waals surface area contributed by atoms with Gasteiger partial charge in [0, 0.05) is 24.3 Å². The third kappa shape index (κ3) is 4.78. The molecule has 0 saturated carbocycles. The van der Waals surface area contributed by atoms with Crippen molar-refractivity contribution in [2.45, 2.75) is 13.8 Å². The molecule has 0 saturated heterocycles. The number of amides is 1. The lowest BCUT2D eigenvalue weighted by Gasteiger charge is -2.11. The molecule has 0 aliphatic rings. The maximum atomic E-state index is 12.6. The summed E-state index contributed by atoms with van der Waals surface area (Å²) in [5.41, 5.74) is 1.86. The fraction of sp³-hybridized carbons (Fsp3) is 0.211. The highest BCUT2D eigenvalue weighted by molar-refractivity contribution is 6.24. The van der Waals surface area contributed by atoms with Crippen LogP contribution in [0.15, 0.2) is 54.6 Å². The Morgan fingerprint density at radius 2 is 1.88 bits per heavy atom. The Balaban J connectivity index is 2.40. The van der Waals surface area contributed by atoms with E-state index in [4.69, 9.17) is 0 Å². The van der Waals surface area contributed by atoms with Crippen LogP contribution in [-0.4, -0.2) is 17.4 Å². The molecule has 5 nitrogen and oxygen atoms in total. The zero-order valence-electron chi connectivity index (χ0n) is 13.7. The molecule has 0 radical (unpaired) electrons. The van der Waals surface area contributed by atoms with Gasteiger partial charge in [0.1, 0.15) is 0 Å². The molecule has 0 heterocycles. The van der Waals surface area contributed by atoms with Crippen molar-refractivity contribution in [1.82, 2.24) is 5.32 Å². The van der Waals surface area contributed by atoms with Gasteiger partial charge in [-0.05, 0) is 23.1 Å². The van der Waals surface area contributed by atoms with Crippen molar-refractivity contribution in [2.75, 3.05) is 6.54 Å². The van der Waals surface area contributed by atoms with E-state index in [1.165, 1.54) is 12.1 Å². The summed E-state index contributed by atoms with van der Waals surface area (Å²) in [5.74, 6) is 0.144. The minimum absolute atomic E-state index is 0.00116. The summed E-state index contributed by atoms with van der Waals surface area (Å²) in [7, 11) is 0. The molecule has 2 aromatic carbocycles. The Morgan fingerprint density at radius 1 is 1.17 bits per heavy atom. The van der Waals surface area contributed by atoms with Crippen LogP contribution in [0, 0.1) is 16.0 Å². The van der Waals surface area contributed by atoms with Crippen molar-refractivity contribution in [3.05, 3.63) is 75.8 Å². The van der Waals surface area contributed by atoms with Gasteiger partial charge < -0.3 is 5.32 Å². The summed E-state index contributed by atoms with van der Waals surface area (Å²) in [6, 6.07) is 15.5. The Morgan fingerprint density at radius 3 is 2.50 bits per heavy atom. The van der Waals surface area contributed by atoms with Gasteiger partial charge in [-0.1, -0.05) is 56.3 Å². The highest BCUT2D eigenvalue weighted by Crippen LogP contribution is 2.21. The van der Waals surface area contributed by atoms with Gasteiger partial charge in [0.05, 0.1) is 4.92 Å². The maximum Gasteiger partial charge on any atom is 0.270 e. The van der Waals surface area contributed by atoms with Gasteiger partial charge in [-0.2, -0.15) is 0 Å². The van der Waals surface area contributed by atoms with E-state index >= 15 is 0 Å². The molecule has 2 rings (SSSR count). The third-order valence-electron chi connectivity index (χ3n) is 3.39. The second-order valence-corrected chi connectivity index (χ2v) is 5.88. The fourth-order valence-electron chi connectivity index (χ4n) is 2.18. The molecule has 0 aliphatic heterocycles.